The van der Waals surface area contributed by atoms with Gasteiger partial charge in [-0.2, -0.15) is 0 Å². The van der Waals surface area contributed by atoms with Crippen LogP contribution >= 0.6 is 11.8 Å². The Hall–Kier alpha value is -1.77. The highest BCUT2D eigenvalue weighted by Gasteiger charge is 2.07. The predicted octanol–water partition coefficient (Wildman–Crippen LogP) is 1.16. The Bertz CT molecular complexity index is 547. The van der Waals surface area contributed by atoms with Crippen molar-refractivity contribution in [2.24, 2.45) is 5.84 Å². The molecule has 0 aliphatic rings. The van der Waals surface area contributed by atoms with Gasteiger partial charge in [0.15, 0.2) is 11.0 Å². The number of methoxy groups -OCH3 is 1. The van der Waals surface area contributed by atoms with Crippen LogP contribution in [0.5, 0.6) is 0 Å². The molecule has 3 N–H and O–H groups in total. The summed E-state index contributed by atoms with van der Waals surface area (Å²) in [5.74, 6) is 6.45. The van der Waals surface area contributed by atoms with Crippen LogP contribution in [0.4, 0.5) is 5.82 Å². The first-order chi connectivity index (χ1) is 9.21. The fourth-order valence-corrected chi connectivity index (χ4v) is 2.04. The first kappa shape index (κ1) is 13.7. The van der Waals surface area contributed by atoms with Crippen molar-refractivity contribution in [1.82, 2.24) is 19.9 Å². The van der Waals surface area contributed by atoms with E-state index < -0.39 is 0 Å². The fourth-order valence-electron chi connectivity index (χ4n) is 1.32. The highest BCUT2D eigenvalue weighted by molar-refractivity contribution is 7.99. The van der Waals surface area contributed by atoms with Gasteiger partial charge in [0, 0.05) is 25.6 Å². The molecule has 100 valence electrons. The zero-order chi connectivity index (χ0) is 13.7. The van der Waals surface area contributed by atoms with E-state index in [1.807, 2.05) is 6.92 Å². The summed E-state index contributed by atoms with van der Waals surface area (Å²) < 4.78 is 5.01. The zero-order valence-electron chi connectivity index (χ0n) is 10.6. The lowest BCUT2D eigenvalue weighted by atomic mass is 10.4. The molecular weight excluding hydrogens is 264 g/mol. The summed E-state index contributed by atoms with van der Waals surface area (Å²) in [5.41, 5.74) is 3.51. The maximum Gasteiger partial charge on any atom is 0.193 e. The third-order valence-corrected chi connectivity index (χ3v) is 2.94. The van der Waals surface area contributed by atoms with Crippen molar-refractivity contribution >= 4 is 17.6 Å². The Morgan fingerprint density at radius 2 is 2.05 bits per heavy atom. The number of nitrogens with one attached hydrogen (secondary N) is 1. The van der Waals surface area contributed by atoms with Gasteiger partial charge in [0.1, 0.15) is 17.5 Å². The topological polar surface area (TPSA) is 98.8 Å². The van der Waals surface area contributed by atoms with Crippen LogP contribution in [0.1, 0.15) is 11.4 Å². The van der Waals surface area contributed by atoms with Crippen molar-refractivity contribution < 1.29 is 4.74 Å². The minimum absolute atomic E-state index is 0.317. The van der Waals surface area contributed by atoms with Gasteiger partial charge in [0.2, 0.25) is 0 Å². The van der Waals surface area contributed by atoms with Crippen LogP contribution in [-0.4, -0.2) is 27.0 Å². The lowest BCUT2D eigenvalue weighted by Gasteiger charge is -2.06. The number of nitrogens with zero attached hydrogens (tertiary/aromatic N) is 4. The quantitative estimate of drug-likeness (QED) is 0.364. The first-order valence-corrected chi connectivity index (χ1v) is 6.33. The van der Waals surface area contributed by atoms with Gasteiger partial charge in [-0.1, -0.05) is 0 Å². The molecule has 0 aliphatic heterocycles. The van der Waals surface area contributed by atoms with Gasteiger partial charge in [0.25, 0.3) is 0 Å². The second-order valence-electron chi connectivity index (χ2n) is 3.73. The van der Waals surface area contributed by atoms with E-state index in [4.69, 9.17) is 10.6 Å². The number of hydrazine groups is 1. The van der Waals surface area contributed by atoms with Gasteiger partial charge in [-0.15, -0.1) is 0 Å². The third kappa shape index (κ3) is 3.85. The Labute approximate surface area is 115 Å². The number of hydrogen-bond acceptors (Lipinski definition) is 8. The van der Waals surface area contributed by atoms with E-state index in [0.29, 0.717) is 28.4 Å². The Morgan fingerprint density at radius 1 is 1.32 bits per heavy atom. The van der Waals surface area contributed by atoms with Crippen molar-refractivity contribution in [1.29, 1.82) is 0 Å². The molecule has 0 amide bonds. The number of rotatable bonds is 5. The minimum Gasteiger partial charge on any atom is -0.377 e. The molecule has 0 unspecified atom stereocenters. The molecule has 0 bridgehead atoms. The molecule has 7 nitrogen and oxygen atoms in total. The van der Waals surface area contributed by atoms with E-state index in [1.54, 1.807) is 25.6 Å². The second-order valence-corrected chi connectivity index (χ2v) is 4.72. The Balaban J connectivity index is 2.23. The molecular formula is C11H14N6OS. The number of aromatic nitrogens is 4. The van der Waals surface area contributed by atoms with Crippen molar-refractivity contribution in [2.75, 3.05) is 12.5 Å². The summed E-state index contributed by atoms with van der Waals surface area (Å²) in [6, 6.07) is 1.73. The SMILES string of the molecule is COCc1nc(NN)cc(Sc2ncc(C)cn2)n1. The summed E-state index contributed by atoms with van der Waals surface area (Å²) >= 11 is 1.34. The molecule has 0 radical (unpaired) electrons. The van der Waals surface area contributed by atoms with E-state index in [2.05, 4.69) is 25.4 Å². The summed E-state index contributed by atoms with van der Waals surface area (Å²) in [6.07, 6.45) is 3.52. The smallest absolute Gasteiger partial charge is 0.193 e. The van der Waals surface area contributed by atoms with E-state index in [9.17, 15) is 0 Å². The third-order valence-electron chi connectivity index (χ3n) is 2.12. The highest BCUT2D eigenvalue weighted by Crippen LogP contribution is 2.24. The van der Waals surface area contributed by atoms with Crippen molar-refractivity contribution in [3.8, 4) is 0 Å². The summed E-state index contributed by atoms with van der Waals surface area (Å²) in [4.78, 5) is 16.9. The fraction of sp³-hybridized carbons (Fsp3) is 0.273. The molecule has 0 spiro atoms. The van der Waals surface area contributed by atoms with Crippen LogP contribution < -0.4 is 11.3 Å². The molecule has 0 saturated carbocycles. The van der Waals surface area contributed by atoms with Crippen molar-refractivity contribution in [3.63, 3.8) is 0 Å². The molecule has 2 aromatic heterocycles. The molecule has 0 fully saturated rings. The number of anilines is 1. The monoisotopic (exact) mass is 278 g/mol. The molecule has 19 heavy (non-hydrogen) atoms. The van der Waals surface area contributed by atoms with Crippen LogP contribution in [0.2, 0.25) is 0 Å². The van der Waals surface area contributed by atoms with E-state index in [0.717, 1.165) is 5.56 Å². The van der Waals surface area contributed by atoms with Gasteiger partial charge in [-0.3, -0.25) is 0 Å². The number of aryl methyl sites for hydroxylation is 1. The second kappa shape index (κ2) is 6.41. The molecule has 0 atom stereocenters. The van der Waals surface area contributed by atoms with Crippen molar-refractivity contribution in [2.45, 2.75) is 23.7 Å². The average molecular weight is 278 g/mol. The van der Waals surface area contributed by atoms with Gasteiger partial charge in [-0.25, -0.2) is 25.8 Å². The average Bonchev–Trinajstić information content (AvgIpc) is 2.41. The van der Waals surface area contributed by atoms with Crippen LogP contribution in [0, 0.1) is 6.92 Å². The normalized spacial score (nSPS) is 10.5. The lowest BCUT2D eigenvalue weighted by molar-refractivity contribution is 0.177. The zero-order valence-corrected chi connectivity index (χ0v) is 11.4. The molecule has 2 heterocycles. The molecule has 0 aromatic carbocycles. The maximum atomic E-state index is 5.38. The van der Waals surface area contributed by atoms with Crippen molar-refractivity contribution in [3.05, 3.63) is 29.8 Å². The molecule has 2 aromatic rings. The number of nitrogen functional groups attached to an aromatic ring is 1. The van der Waals surface area contributed by atoms with E-state index in [-0.39, 0.29) is 0 Å². The largest absolute Gasteiger partial charge is 0.377 e. The number of nitrogens with two attached hydrogens (primary N) is 1. The summed E-state index contributed by atoms with van der Waals surface area (Å²) in [5, 5.41) is 1.33. The maximum absolute atomic E-state index is 5.38. The van der Waals surface area contributed by atoms with Crippen LogP contribution in [0.25, 0.3) is 0 Å². The Morgan fingerprint density at radius 3 is 2.68 bits per heavy atom. The van der Waals surface area contributed by atoms with Gasteiger partial charge < -0.3 is 10.2 Å². The molecule has 8 heteroatoms. The highest BCUT2D eigenvalue weighted by atomic mass is 32.2. The first-order valence-electron chi connectivity index (χ1n) is 5.51. The lowest BCUT2D eigenvalue weighted by Crippen LogP contribution is -2.11. The van der Waals surface area contributed by atoms with Gasteiger partial charge in [0.05, 0.1) is 0 Å². The van der Waals surface area contributed by atoms with Crippen LogP contribution in [0.15, 0.2) is 28.6 Å². The summed E-state index contributed by atoms with van der Waals surface area (Å²) in [7, 11) is 1.59. The minimum atomic E-state index is 0.317. The van der Waals surface area contributed by atoms with Crippen LogP contribution in [0.3, 0.4) is 0 Å². The van der Waals surface area contributed by atoms with E-state index in [1.165, 1.54) is 11.8 Å². The molecule has 0 aliphatic carbocycles. The van der Waals surface area contributed by atoms with Gasteiger partial charge >= 0.3 is 0 Å². The predicted molar refractivity (Wildman–Crippen MR) is 71.4 cm³/mol. The number of ether oxygens (including phenoxy) is 1. The summed E-state index contributed by atoms with van der Waals surface area (Å²) in [6.45, 7) is 2.25. The Kier molecular flexibility index (Phi) is 4.61. The standard InChI is InChI=1S/C11H14N6OS/c1-7-4-13-11(14-5-7)19-10-3-8(17-12)15-9(16-10)6-18-2/h3-5H,6,12H2,1-2H3,(H,15,16,17). The molecule has 0 saturated heterocycles. The number of hydrogen-bond donors (Lipinski definition) is 2. The van der Waals surface area contributed by atoms with Crippen LogP contribution in [-0.2, 0) is 11.3 Å². The van der Waals surface area contributed by atoms with Gasteiger partial charge in [-0.05, 0) is 24.2 Å². The molecule has 2 rings (SSSR count). The van der Waals surface area contributed by atoms with E-state index >= 15 is 0 Å².